The smallest absolute Gasteiger partial charge is 0.305 e. The van der Waals surface area contributed by atoms with Gasteiger partial charge in [0.2, 0.25) is 5.91 Å². The van der Waals surface area contributed by atoms with Crippen molar-refractivity contribution in [1.29, 1.82) is 0 Å². The monoisotopic (exact) mass is 1150 g/mol. The van der Waals surface area contributed by atoms with Gasteiger partial charge in [0.25, 0.3) is 0 Å². The maximum atomic E-state index is 12.5. The molecule has 0 aliphatic rings. The maximum Gasteiger partial charge on any atom is 0.305 e. The van der Waals surface area contributed by atoms with Crippen molar-refractivity contribution in [3.8, 4) is 0 Å². The first kappa shape index (κ1) is 80.1. The summed E-state index contributed by atoms with van der Waals surface area (Å²) in [4.78, 5) is 24.6. The number of amides is 1. The highest BCUT2D eigenvalue weighted by Gasteiger charge is 2.18. The minimum Gasteiger partial charge on any atom is -0.466 e. The molecule has 6 nitrogen and oxygen atoms in total. The highest BCUT2D eigenvalue weighted by molar-refractivity contribution is 5.76. The first-order valence-electron chi connectivity index (χ1n) is 37.3. The van der Waals surface area contributed by atoms with E-state index < -0.39 is 12.1 Å². The highest BCUT2D eigenvalue weighted by atomic mass is 16.5. The molecule has 0 aromatic rings. The third kappa shape index (κ3) is 67.2. The van der Waals surface area contributed by atoms with E-state index in [4.69, 9.17) is 4.74 Å². The molecule has 82 heavy (non-hydrogen) atoms. The topological polar surface area (TPSA) is 95.9 Å². The summed E-state index contributed by atoms with van der Waals surface area (Å²) in [7, 11) is 0. The highest BCUT2D eigenvalue weighted by Crippen LogP contribution is 2.19. The summed E-state index contributed by atoms with van der Waals surface area (Å²) < 4.78 is 5.51. The van der Waals surface area contributed by atoms with Gasteiger partial charge in [-0.25, -0.2) is 0 Å². The molecule has 1 amide bonds. The van der Waals surface area contributed by atoms with Crippen molar-refractivity contribution >= 4 is 11.9 Å². The molecule has 0 aromatic heterocycles. The number of carbonyl (C=O) groups excluding carboxylic acids is 2. The summed E-state index contributed by atoms with van der Waals surface area (Å²) >= 11 is 0. The molecule has 0 saturated heterocycles. The predicted octanol–water partition coefficient (Wildman–Crippen LogP) is 24.3. The third-order valence-corrected chi connectivity index (χ3v) is 17.4. The molecule has 0 spiro atoms. The Morgan fingerprint density at radius 2 is 0.573 bits per heavy atom. The van der Waals surface area contributed by atoms with Crippen LogP contribution in [0.5, 0.6) is 0 Å². The van der Waals surface area contributed by atoms with Crippen LogP contribution >= 0.6 is 0 Å². The average Bonchev–Trinajstić information content (AvgIpc) is 3.48. The Kier molecular flexibility index (Phi) is 69.9. The number of nitrogens with one attached hydrogen (secondary N) is 1. The van der Waals surface area contributed by atoms with E-state index in [1.165, 1.54) is 347 Å². The van der Waals surface area contributed by atoms with Crippen LogP contribution in [0.15, 0.2) is 36.5 Å². The van der Waals surface area contributed by atoms with Gasteiger partial charge in [0.1, 0.15) is 0 Å². The van der Waals surface area contributed by atoms with E-state index in [-0.39, 0.29) is 18.5 Å². The molecule has 0 rings (SSSR count). The Bertz CT molecular complexity index is 1330. The zero-order valence-corrected chi connectivity index (χ0v) is 55.5. The number of aliphatic hydroxyl groups is 2. The molecule has 0 fully saturated rings. The summed E-state index contributed by atoms with van der Waals surface area (Å²) in [5, 5.41) is 23.2. The fraction of sp³-hybridized carbons (Fsp3) is 0.895. The number of hydrogen-bond acceptors (Lipinski definition) is 5. The minimum atomic E-state index is -0.844. The molecule has 0 aliphatic carbocycles. The van der Waals surface area contributed by atoms with Gasteiger partial charge >= 0.3 is 5.97 Å². The van der Waals surface area contributed by atoms with Gasteiger partial charge in [-0.2, -0.15) is 0 Å². The zero-order chi connectivity index (χ0) is 59.2. The number of allylic oxidation sites excluding steroid dienone is 5. The van der Waals surface area contributed by atoms with Crippen LogP contribution in [-0.2, 0) is 14.3 Å². The van der Waals surface area contributed by atoms with Crippen LogP contribution in [-0.4, -0.2) is 47.4 Å². The van der Waals surface area contributed by atoms with E-state index in [9.17, 15) is 19.8 Å². The lowest BCUT2D eigenvalue weighted by Crippen LogP contribution is -2.45. The summed E-state index contributed by atoms with van der Waals surface area (Å²) in [6.45, 7) is 4.94. The van der Waals surface area contributed by atoms with Gasteiger partial charge in [0, 0.05) is 12.8 Å². The third-order valence-electron chi connectivity index (χ3n) is 17.4. The second-order valence-corrected chi connectivity index (χ2v) is 25.6. The molecule has 0 bridgehead atoms. The van der Waals surface area contributed by atoms with Crippen molar-refractivity contribution in [2.75, 3.05) is 13.2 Å². The number of unbranched alkanes of at least 4 members (excludes halogenated alkanes) is 55. The predicted molar refractivity (Wildman–Crippen MR) is 361 cm³/mol. The lowest BCUT2D eigenvalue weighted by Gasteiger charge is -2.20. The molecular weight excluding hydrogens is 1010 g/mol. The van der Waals surface area contributed by atoms with Gasteiger partial charge in [-0.05, 0) is 83.5 Å². The number of rotatable bonds is 70. The number of carbonyl (C=O) groups is 2. The van der Waals surface area contributed by atoms with Crippen molar-refractivity contribution < 1.29 is 24.5 Å². The van der Waals surface area contributed by atoms with Crippen LogP contribution in [0.25, 0.3) is 0 Å². The Morgan fingerprint density at radius 3 is 0.866 bits per heavy atom. The van der Waals surface area contributed by atoms with E-state index >= 15 is 0 Å². The number of hydrogen-bond donors (Lipinski definition) is 3. The molecule has 0 saturated carbocycles. The summed E-state index contributed by atoms with van der Waals surface area (Å²) in [5.41, 5.74) is 0. The fourth-order valence-corrected chi connectivity index (χ4v) is 11.7. The molecule has 6 heteroatoms. The number of esters is 1. The first-order valence-corrected chi connectivity index (χ1v) is 37.3. The average molecular weight is 1150 g/mol. The minimum absolute atomic E-state index is 0.0164. The zero-order valence-electron chi connectivity index (χ0n) is 55.5. The van der Waals surface area contributed by atoms with Gasteiger partial charge < -0.3 is 20.3 Å². The van der Waals surface area contributed by atoms with Crippen molar-refractivity contribution in [1.82, 2.24) is 5.32 Å². The van der Waals surface area contributed by atoms with E-state index in [1.807, 2.05) is 6.08 Å². The Balaban J connectivity index is 3.37. The Labute approximate surface area is 513 Å². The molecular formula is C76H145NO5. The molecule has 0 radical (unpaired) electrons. The van der Waals surface area contributed by atoms with Gasteiger partial charge in [-0.1, -0.05) is 352 Å². The number of ether oxygens (including phenoxy) is 1. The normalized spacial score (nSPS) is 12.7. The van der Waals surface area contributed by atoms with Gasteiger partial charge in [0.15, 0.2) is 0 Å². The Hall–Kier alpha value is -1.92. The second-order valence-electron chi connectivity index (χ2n) is 25.6. The summed E-state index contributed by atoms with van der Waals surface area (Å²) in [6, 6.07) is -0.628. The Morgan fingerprint density at radius 1 is 0.329 bits per heavy atom. The van der Waals surface area contributed by atoms with Crippen LogP contribution in [0.3, 0.4) is 0 Å². The van der Waals surface area contributed by atoms with Crippen LogP contribution < -0.4 is 5.32 Å². The van der Waals surface area contributed by atoms with E-state index in [2.05, 4.69) is 43.5 Å². The van der Waals surface area contributed by atoms with Crippen molar-refractivity contribution in [2.24, 2.45) is 0 Å². The van der Waals surface area contributed by atoms with Gasteiger partial charge in [-0.3, -0.25) is 9.59 Å². The van der Waals surface area contributed by atoms with Crippen molar-refractivity contribution in [3.63, 3.8) is 0 Å². The quantitative estimate of drug-likeness (QED) is 0.0320. The van der Waals surface area contributed by atoms with Crippen molar-refractivity contribution in [3.05, 3.63) is 36.5 Å². The fourth-order valence-electron chi connectivity index (χ4n) is 11.7. The molecule has 484 valence electrons. The van der Waals surface area contributed by atoms with Crippen LogP contribution in [0.4, 0.5) is 0 Å². The summed E-state index contributed by atoms with van der Waals surface area (Å²) in [5.74, 6) is -0.0478. The molecule has 0 aromatic carbocycles. The summed E-state index contributed by atoms with van der Waals surface area (Å²) in [6.07, 6.45) is 92.4. The SMILES string of the molecule is CCCCCCCC/C=C\CCCCCCCCCCCC(=O)OCCCCCCCCCCCCCC/C=C\CCCCCCCCCCCCCCCC(=O)NC(CO)C(O)/C=C/CCCCCCCCCCCCCCCCC. The molecule has 2 atom stereocenters. The van der Waals surface area contributed by atoms with E-state index in [0.29, 0.717) is 19.4 Å². The molecule has 0 aliphatic heterocycles. The van der Waals surface area contributed by atoms with Gasteiger partial charge in [-0.15, -0.1) is 0 Å². The standard InChI is InChI=1S/C76H145NO5/c1-3-5-7-9-11-13-15-17-19-21-33-38-42-46-50-54-58-62-66-70-76(81)82-71-67-63-59-55-51-47-43-39-35-32-30-28-26-24-22-23-25-27-29-31-34-37-41-45-49-53-57-61-65-69-75(80)77-73(72-78)74(79)68-64-60-56-52-48-44-40-36-20-18-16-14-12-10-8-6-4-2/h17,19,22,24,64,68,73-74,78-79H,3-16,18,20-21,23,25-63,65-67,69-72H2,1-2H3,(H,77,80)/b19-17-,24-22-,68-64+. The largest absolute Gasteiger partial charge is 0.466 e. The first-order chi connectivity index (χ1) is 40.5. The molecule has 2 unspecified atom stereocenters. The lowest BCUT2D eigenvalue weighted by molar-refractivity contribution is -0.143. The second kappa shape index (κ2) is 71.6. The molecule has 3 N–H and O–H groups in total. The van der Waals surface area contributed by atoms with E-state index in [1.54, 1.807) is 6.08 Å². The van der Waals surface area contributed by atoms with Crippen LogP contribution in [0, 0.1) is 0 Å². The van der Waals surface area contributed by atoms with Crippen molar-refractivity contribution in [2.45, 2.75) is 424 Å². The molecule has 0 heterocycles. The van der Waals surface area contributed by atoms with Gasteiger partial charge in [0.05, 0.1) is 25.4 Å². The van der Waals surface area contributed by atoms with Crippen LogP contribution in [0.1, 0.15) is 412 Å². The number of aliphatic hydroxyl groups excluding tert-OH is 2. The van der Waals surface area contributed by atoms with Crippen LogP contribution in [0.2, 0.25) is 0 Å². The maximum absolute atomic E-state index is 12.5. The van der Waals surface area contributed by atoms with E-state index in [0.717, 1.165) is 38.5 Å². The lowest BCUT2D eigenvalue weighted by atomic mass is 10.0.